The number of nitrogens with two attached hydrogens (primary N) is 1. The fourth-order valence-corrected chi connectivity index (χ4v) is 1.20. The standard InChI is InChI=1S/C10H15F3N4O/c1-6(2)17-7(4-5-15-17)16-8(18)9(3,14)10(11,12)13/h4-6H,14H2,1-3H3,(H,16,18). The van der Waals surface area contributed by atoms with E-state index >= 15 is 0 Å². The van der Waals surface area contributed by atoms with Crippen LogP contribution in [-0.2, 0) is 4.79 Å². The largest absolute Gasteiger partial charge is 0.415 e. The minimum atomic E-state index is -4.82. The Hall–Kier alpha value is -1.57. The zero-order chi connectivity index (χ0) is 14.1. The van der Waals surface area contributed by atoms with Crippen LogP contribution in [0.4, 0.5) is 19.0 Å². The summed E-state index contributed by atoms with van der Waals surface area (Å²) in [4.78, 5) is 11.6. The number of alkyl halides is 3. The molecule has 18 heavy (non-hydrogen) atoms. The van der Waals surface area contributed by atoms with Crippen LogP contribution in [0.3, 0.4) is 0 Å². The van der Waals surface area contributed by atoms with E-state index in [-0.39, 0.29) is 11.9 Å². The van der Waals surface area contributed by atoms with E-state index in [9.17, 15) is 18.0 Å². The van der Waals surface area contributed by atoms with Crippen LogP contribution < -0.4 is 11.1 Å². The van der Waals surface area contributed by atoms with Crippen molar-refractivity contribution in [2.75, 3.05) is 5.32 Å². The van der Waals surface area contributed by atoms with Crippen molar-refractivity contribution in [3.63, 3.8) is 0 Å². The van der Waals surface area contributed by atoms with Crippen molar-refractivity contribution in [2.45, 2.75) is 38.5 Å². The second-order valence-electron chi connectivity index (χ2n) is 4.41. The lowest BCUT2D eigenvalue weighted by molar-refractivity contribution is -0.184. The van der Waals surface area contributed by atoms with Crippen LogP contribution >= 0.6 is 0 Å². The first kappa shape index (κ1) is 14.5. The van der Waals surface area contributed by atoms with E-state index in [0.29, 0.717) is 6.92 Å². The lowest BCUT2D eigenvalue weighted by atomic mass is 10.0. The number of nitrogens with zero attached hydrogens (tertiary/aromatic N) is 2. The van der Waals surface area contributed by atoms with Crippen LogP contribution in [0.1, 0.15) is 26.8 Å². The SMILES string of the molecule is CC(C)n1nccc1NC(=O)C(C)(N)C(F)(F)F. The Morgan fingerprint density at radius 3 is 2.50 bits per heavy atom. The molecule has 1 rings (SSSR count). The van der Waals surface area contributed by atoms with Gasteiger partial charge in [-0.1, -0.05) is 0 Å². The van der Waals surface area contributed by atoms with Crippen molar-refractivity contribution in [1.29, 1.82) is 0 Å². The molecular formula is C10H15F3N4O. The summed E-state index contributed by atoms with van der Waals surface area (Å²) in [5, 5.41) is 6.03. The third kappa shape index (κ3) is 2.63. The van der Waals surface area contributed by atoms with Crippen LogP contribution in [0.5, 0.6) is 0 Å². The smallest absolute Gasteiger partial charge is 0.310 e. The highest BCUT2D eigenvalue weighted by Gasteiger charge is 2.54. The molecule has 0 bridgehead atoms. The Balaban J connectivity index is 2.92. The molecule has 0 aliphatic heterocycles. The zero-order valence-electron chi connectivity index (χ0n) is 10.2. The minimum absolute atomic E-state index is 0.0924. The van der Waals surface area contributed by atoms with Gasteiger partial charge >= 0.3 is 6.18 Å². The molecule has 8 heteroatoms. The molecule has 0 aliphatic carbocycles. The van der Waals surface area contributed by atoms with Crippen molar-refractivity contribution in [3.05, 3.63) is 12.3 Å². The molecule has 0 fully saturated rings. The highest BCUT2D eigenvalue weighted by Crippen LogP contribution is 2.29. The molecule has 0 saturated heterocycles. The van der Waals surface area contributed by atoms with Gasteiger partial charge < -0.3 is 11.1 Å². The molecule has 1 aromatic heterocycles. The van der Waals surface area contributed by atoms with Crippen molar-refractivity contribution >= 4 is 11.7 Å². The van der Waals surface area contributed by atoms with Gasteiger partial charge in [0.15, 0.2) is 5.54 Å². The monoisotopic (exact) mass is 264 g/mol. The van der Waals surface area contributed by atoms with Gasteiger partial charge in [0.2, 0.25) is 0 Å². The number of amides is 1. The van der Waals surface area contributed by atoms with E-state index in [1.54, 1.807) is 13.8 Å². The summed E-state index contributed by atoms with van der Waals surface area (Å²) in [6, 6.07) is 1.31. The summed E-state index contributed by atoms with van der Waals surface area (Å²) in [7, 11) is 0. The quantitative estimate of drug-likeness (QED) is 0.872. The molecule has 3 N–H and O–H groups in total. The number of nitrogens with one attached hydrogen (secondary N) is 1. The molecule has 1 heterocycles. The maximum absolute atomic E-state index is 12.6. The first-order valence-corrected chi connectivity index (χ1v) is 5.28. The second-order valence-corrected chi connectivity index (χ2v) is 4.41. The van der Waals surface area contributed by atoms with Gasteiger partial charge in [-0.25, -0.2) is 4.68 Å². The van der Waals surface area contributed by atoms with Gasteiger partial charge in [-0.2, -0.15) is 18.3 Å². The van der Waals surface area contributed by atoms with Gasteiger partial charge in [-0.15, -0.1) is 0 Å². The summed E-state index contributed by atoms with van der Waals surface area (Å²) in [5.74, 6) is -1.15. The molecule has 1 aromatic rings. The number of aromatic nitrogens is 2. The van der Waals surface area contributed by atoms with Gasteiger partial charge in [0.1, 0.15) is 5.82 Å². The number of carbonyl (C=O) groups is 1. The predicted octanol–water partition coefficient (Wildman–Crippen LogP) is 1.68. The molecule has 0 aromatic carbocycles. The molecule has 1 amide bonds. The Morgan fingerprint density at radius 2 is 2.06 bits per heavy atom. The molecule has 0 radical (unpaired) electrons. The highest BCUT2D eigenvalue weighted by atomic mass is 19.4. The average Bonchev–Trinajstić information content (AvgIpc) is 2.63. The third-order valence-corrected chi connectivity index (χ3v) is 2.46. The summed E-state index contributed by atoms with van der Waals surface area (Å²) in [5.41, 5.74) is 2.07. The van der Waals surface area contributed by atoms with Crippen molar-refractivity contribution in [1.82, 2.24) is 9.78 Å². The average molecular weight is 264 g/mol. The van der Waals surface area contributed by atoms with Gasteiger partial charge in [0.25, 0.3) is 5.91 Å². The van der Waals surface area contributed by atoms with Crippen molar-refractivity contribution in [3.8, 4) is 0 Å². The molecule has 0 saturated carbocycles. The molecule has 0 aliphatic rings. The van der Waals surface area contributed by atoms with Gasteiger partial charge in [-0.3, -0.25) is 4.79 Å². The third-order valence-electron chi connectivity index (χ3n) is 2.46. The Morgan fingerprint density at radius 1 is 1.50 bits per heavy atom. The van der Waals surface area contributed by atoms with Crippen LogP contribution in [0, 0.1) is 0 Å². The van der Waals surface area contributed by atoms with Gasteiger partial charge in [-0.05, 0) is 20.8 Å². The maximum Gasteiger partial charge on any atom is 0.415 e. The maximum atomic E-state index is 12.6. The number of hydrogen-bond donors (Lipinski definition) is 2. The van der Waals surface area contributed by atoms with Gasteiger partial charge in [0, 0.05) is 12.1 Å². The Kier molecular flexibility index (Phi) is 3.70. The Bertz CT molecular complexity index is 437. The molecule has 5 nitrogen and oxygen atoms in total. The Labute approximate surface area is 102 Å². The molecule has 0 spiro atoms. The minimum Gasteiger partial charge on any atom is -0.310 e. The normalized spacial score (nSPS) is 15.6. The number of halogens is 3. The topological polar surface area (TPSA) is 72.9 Å². The molecule has 1 unspecified atom stereocenters. The van der Waals surface area contributed by atoms with Gasteiger partial charge in [0.05, 0.1) is 6.20 Å². The van der Waals surface area contributed by atoms with E-state index in [1.807, 2.05) is 0 Å². The molecule has 1 atom stereocenters. The lowest BCUT2D eigenvalue weighted by Gasteiger charge is -2.26. The van der Waals surface area contributed by atoms with Crippen LogP contribution in [-0.4, -0.2) is 27.4 Å². The second kappa shape index (κ2) is 4.60. The fraction of sp³-hybridized carbons (Fsp3) is 0.600. The summed E-state index contributed by atoms with van der Waals surface area (Å²) < 4.78 is 39.1. The number of carbonyl (C=O) groups excluding carboxylic acids is 1. The number of hydrogen-bond acceptors (Lipinski definition) is 3. The van der Waals surface area contributed by atoms with Crippen LogP contribution in [0.25, 0.3) is 0 Å². The molecular weight excluding hydrogens is 249 g/mol. The lowest BCUT2D eigenvalue weighted by Crippen LogP contribution is -2.59. The fourth-order valence-electron chi connectivity index (χ4n) is 1.20. The summed E-state index contributed by atoms with van der Waals surface area (Å²) >= 11 is 0. The van der Waals surface area contributed by atoms with Crippen LogP contribution in [0.15, 0.2) is 12.3 Å². The van der Waals surface area contributed by atoms with E-state index < -0.39 is 17.6 Å². The van der Waals surface area contributed by atoms with E-state index in [0.717, 1.165) is 0 Å². The highest BCUT2D eigenvalue weighted by molar-refractivity contribution is 5.97. The van der Waals surface area contributed by atoms with E-state index in [2.05, 4.69) is 10.4 Å². The predicted molar refractivity (Wildman–Crippen MR) is 59.9 cm³/mol. The molecule has 102 valence electrons. The van der Waals surface area contributed by atoms with E-state index in [1.165, 1.54) is 16.9 Å². The first-order chi connectivity index (χ1) is 8.07. The zero-order valence-corrected chi connectivity index (χ0v) is 10.2. The summed E-state index contributed by atoms with van der Waals surface area (Å²) in [6.07, 6.45) is -3.43. The van der Waals surface area contributed by atoms with Crippen molar-refractivity contribution < 1.29 is 18.0 Å². The van der Waals surface area contributed by atoms with Crippen molar-refractivity contribution in [2.24, 2.45) is 5.73 Å². The number of rotatable bonds is 3. The van der Waals surface area contributed by atoms with Crippen LogP contribution in [0.2, 0.25) is 0 Å². The summed E-state index contributed by atoms with van der Waals surface area (Å²) in [6.45, 7) is 4.19. The van der Waals surface area contributed by atoms with E-state index in [4.69, 9.17) is 5.73 Å². The number of anilines is 1. The first-order valence-electron chi connectivity index (χ1n) is 5.28.